The third kappa shape index (κ3) is 2.81. The van der Waals surface area contributed by atoms with Crippen LogP contribution in [0, 0.1) is 5.41 Å². The van der Waals surface area contributed by atoms with E-state index in [9.17, 15) is 18.0 Å². The zero-order chi connectivity index (χ0) is 16.9. The van der Waals surface area contributed by atoms with Gasteiger partial charge in [0.25, 0.3) is 0 Å². The van der Waals surface area contributed by atoms with E-state index >= 15 is 0 Å². The van der Waals surface area contributed by atoms with Gasteiger partial charge in [-0.25, -0.2) is 0 Å². The first kappa shape index (κ1) is 15.9. The summed E-state index contributed by atoms with van der Waals surface area (Å²) >= 11 is 0. The van der Waals surface area contributed by atoms with Crippen molar-refractivity contribution in [2.45, 2.75) is 37.4 Å². The lowest BCUT2D eigenvalue weighted by atomic mass is 9.56. The summed E-state index contributed by atoms with van der Waals surface area (Å²) in [5.41, 5.74) is 1.66. The van der Waals surface area contributed by atoms with Crippen molar-refractivity contribution in [1.29, 1.82) is 0 Å². The molecule has 3 aliphatic rings. The van der Waals surface area contributed by atoms with Crippen LogP contribution in [0.25, 0.3) is 0 Å². The number of carbonyl (C=O) groups excluding carboxylic acids is 1. The molecule has 0 aromatic heterocycles. The van der Waals surface area contributed by atoms with E-state index in [0.29, 0.717) is 12.3 Å². The average molecular weight is 338 g/mol. The van der Waals surface area contributed by atoms with Crippen LogP contribution >= 0.6 is 0 Å². The van der Waals surface area contributed by atoms with Crippen LogP contribution in [-0.2, 0) is 4.79 Å². The van der Waals surface area contributed by atoms with Crippen molar-refractivity contribution in [3.63, 3.8) is 0 Å². The molecule has 0 N–H and O–H groups in total. The molecule has 3 fully saturated rings. The van der Waals surface area contributed by atoms with Crippen LogP contribution in [0.2, 0.25) is 0 Å². The predicted octanol–water partition coefficient (Wildman–Crippen LogP) is 3.03. The van der Waals surface area contributed by atoms with Gasteiger partial charge >= 0.3 is 6.18 Å². The number of amides is 1. The van der Waals surface area contributed by atoms with Crippen molar-refractivity contribution >= 4 is 5.91 Å². The Balaban J connectivity index is 1.29. The van der Waals surface area contributed by atoms with Crippen LogP contribution < -0.4 is 0 Å². The molecule has 1 unspecified atom stereocenters. The lowest BCUT2D eigenvalue weighted by Crippen LogP contribution is -2.65. The molecular weight excluding hydrogens is 317 g/mol. The second-order valence-electron chi connectivity index (χ2n) is 7.60. The van der Waals surface area contributed by atoms with Gasteiger partial charge in [0.1, 0.15) is 6.54 Å². The van der Waals surface area contributed by atoms with Crippen LogP contribution in [0.5, 0.6) is 0 Å². The first-order chi connectivity index (χ1) is 11.4. The summed E-state index contributed by atoms with van der Waals surface area (Å²) in [5.74, 6) is 0.246. The minimum atomic E-state index is -4.31. The number of nitrogens with zero attached hydrogens (tertiary/aromatic N) is 2. The lowest BCUT2D eigenvalue weighted by molar-refractivity contribution is -0.162. The Kier molecular flexibility index (Phi) is 3.64. The van der Waals surface area contributed by atoms with E-state index in [2.05, 4.69) is 29.2 Å². The Bertz CT molecular complexity index is 617. The molecule has 1 amide bonds. The van der Waals surface area contributed by atoms with E-state index in [1.54, 1.807) is 0 Å². The van der Waals surface area contributed by atoms with Crippen LogP contribution in [0.3, 0.4) is 0 Å². The van der Waals surface area contributed by atoms with Crippen LogP contribution in [-0.4, -0.2) is 54.1 Å². The maximum absolute atomic E-state index is 12.5. The molecule has 24 heavy (non-hydrogen) atoms. The number of hydrogen-bond acceptors (Lipinski definition) is 2. The lowest BCUT2D eigenvalue weighted by Gasteiger charge is -2.60. The van der Waals surface area contributed by atoms with Crippen molar-refractivity contribution < 1.29 is 18.0 Å². The predicted molar refractivity (Wildman–Crippen MR) is 83.5 cm³/mol. The summed E-state index contributed by atoms with van der Waals surface area (Å²) in [6.07, 6.45) is -1.54. The summed E-state index contributed by atoms with van der Waals surface area (Å²) in [7, 11) is 0. The van der Waals surface area contributed by atoms with E-state index < -0.39 is 12.7 Å². The molecular formula is C18H21F3N2O. The zero-order valence-corrected chi connectivity index (χ0v) is 13.4. The first-order valence-electron chi connectivity index (χ1n) is 8.50. The molecule has 1 aromatic carbocycles. The van der Waals surface area contributed by atoms with Gasteiger partial charge in [-0.3, -0.25) is 9.69 Å². The molecule has 6 heteroatoms. The van der Waals surface area contributed by atoms with Crippen LogP contribution in [0.1, 0.15) is 30.7 Å². The topological polar surface area (TPSA) is 23.6 Å². The summed E-state index contributed by atoms with van der Waals surface area (Å²) in [4.78, 5) is 15.2. The van der Waals surface area contributed by atoms with Crippen LogP contribution in [0.15, 0.2) is 30.3 Å². The fourth-order valence-corrected chi connectivity index (χ4v) is 4.68. The highest BCUT2D eigenvalue weighted by Gasteiger charge is 2.56. The fraction of sp³-hybridized carbons (Fsp3) is 0.611. The Morgan fingerprint density at radius 2 is 1.79 bits per heavy atom. The standard InChI is InChI=1S/C18H21F3N2O/c19-18(20,21)12-22-7-6-15(16(22)24)23-10-17(11-23)8-14(9-17)13-4-2-1-3-5-13/h1-5,14-15H,6-12H2. The maximum atomic E-state index is 12.5. The molecule has 3 nitrogen and oxygen atoms in total. The van der Waals surface area contributed by atoms with Gasteiger partial charge in [0.15, 0.2) is 0 Å². The Hall–Kier alpha value is -1.56. The number of carbonyl (C=O) groups is 1. The highest BCUT2D eigenvalue weighted by atomic mass is 19.4. The Morgan fingerprint density at radius 3 is 2.42 bits per heavy atom. The fourth-order valence-electron chi connectivity index (χ4n) is 4.68. The minimum Gasteiger partial charge on any atom is -0.332 e. The molecule has 0 bridgehead atoms. The quantitative estimate of drug-likeness (QED) is 0.846. The zero-order valence-electron chi connectivity index (χ0n) is 13.4. The first-order valence-corrected chi connectivity index (χ1v) is 8.50. The van der Waals surface area contributed by atoms with Gasteiger partial charge in [-0.05, 0) is 36.2 Å². The van der Waals surface area contributed by atoms with Gasteiger partial charge in [-0.2, -0.15) is 13.2 Å². The SMILES string of the molecule is O=C1C(N2CC3(CC(c4ccccc4)C3)C2)CCN1CC(F)(F)F. The van der Waals surface area contributed by atoms with Crippen LogP contribution in [0.4, 0.5) is 13.2 Å². The largest absolute Gasteiger partial charge is 0.406 e. The molecule has 4 rings (SSSR count). The molecule has 1 aliphatic carbocycles. The maximum Gasteiger partial charge on any atom is 0.406 e. The Labute approximate surface area is 139 Å². The van der Waals surface area contributed by atoms with E-state index in [4.69, 9.17) is 0 Å². The number of halogens is 3. The normalized spacial score (nSPS) is 27.4. The second-order valence-corrected chi connectivity index (χ2v) is 7.60. The summed E-state index contributed by atoms with van der Waals surface area (Å²) in [5, 5.41) is 0. The number of likely N-dealkylation sites (tertiary alicyclic amines) is 2. The highest BCUT2D eigenvalue weighted by molar-refractivity contribution is 5.84. The molecule has 130 valence electrons. The van der Waals surface area contributed by atoms with E-state index in [1.807, 2.05) is 6.07 Å². The van der Waals surface area contributed by atoms with Gasteiger partial charge < -0.3 is 4.90 Å². The molecule has 1 aromatic rings. The number of alkyl halides is 3. The molecule has 0 radical (unpaired) electrons. The average Bonchev–Trinajstić information content (AvgIpc) is 2.77. The molecule has 2 saturated heterocycles. The second kappa shape index (κ2) is 5.48. The van der Waals surface area contributed by atoms with Gasteiger partial charge in [-0.15, -0.1) is 0 Å². The van der Waals surface area contributed by atoms with E-state index in [-0.39, 0.29) is 23.9 Å². The van der Waals surface area contributed by atoms with Crippen molar-refractivity contribution in [3.8, 4) is 0 Å². The van der Waals surface area contributed by atoms with Gasteiger partial charge in [0.2, 0.25) is 5.91 Å². The summed E-state index contributed by atoms with van der Waals surface area (Å²) < 4.78 is 37.5. The number of benzene rings is 1. The Morgan fingerprint density at radius 1 is 1.12 bits per heavy atom. The van der Waals surface area contributed by atoms with E-state index in [1.165, 1.54) is 5.56 Å². The van der Waals surface area contributed by atoms with Crippen molar-refractivity contribution in [2.75, 3.05) is 26.2 Å². The highest BCUT2D eigenvalue weighted by Crippen LogP contribution is 2.56. The van der Waals surface area contributed by atoms with Gasteiger partial charge in [-0.1, -0.05) is 30.3 Å². The number of rotatable bonds is 3. The van der Waals surface area contributed by atoms with Gasteiger partial charge in [0, 0.05) is 19.6 Å². The monoisotopic (exact) mass is 338 g/mol. The molecule has 1 spiro atoms. The summed E-state index contributed by atoms with van der Waals surface area (Å²) in [6.45, 7) is 0.815. The van der Waals surface area contributed by atoms with E-state index in [0.717, 1.165) is 30.8 Å². The third-order valence-electron chi connectivity index (χ3n) is 5.79. The van der Waals surface area contributed by atoms with Crippen molar-refractivity contribution in [2.24, 2.45) is 5.41 Å². The molecule has 1 saturated carbocycles. The molecule has 2 heterocycles. The number of hydrogen-bond donors (Lipinski definition) is 0. The van der Waals surface area contributed by atoms with Crippen molar-refractivity contribution in [1.82, 2.24) is 9.80 Å². The molecule has 2 aliphatic heterocycles. The van der Waals surface area contributed by atoms with Crippen molar-refractivity contribution in [3.05, 3.63) is 35.9 Å². The smallest absolute Gasteiger partial charge is 0.332 e. The summed E-state index contributed by atoms with van der Waals surface area (Å²) in [6, 6.07) is 10.1. The molecule has 1 atom stereocenters. The van der Waals surface area contributed by atoms with Gasteiger partial charge in [0.05, 0.1) is 6.04 Å². The minimum absolute atomic E-state index is 0.221. The third-order valence-corrected chi connectivity index (χ3v) is 5.79.